The van der Waals surface area contributed by atoms with Gasteiger partial charge in [-0.15, -0.1) is 0 Å². The van der Waals surface area contributed by atoms with E-state index < -0.39 is 17.4 Å². The van der Waals surface area contributed by atoms with Crippen LogP contribution in [-0.4, -0.2) is 6.54 Å². The molecule has 0 aliphatic carbocycles. The molecule has 0 saturated carbocycles. The predicted molar refractivity (Wildman–Crippen MR) is 74.6 cm³/mol. The van der Waals surface area contributed by atoms with Crippen molar-refractivity contribution in [3.63, 3.8) is 0 Å². The van der Waals surface area contributed by atoms with Crippen molar-refractivity contribution in [2.45, 2.75) is 20.0 Å². The second kappa shape index (κ2) is 6.63. The number of halogens is 3. The van der Waals surface area contributed by atoms with Crippen molar-refractivity contribution in [1.29, 1.82) is 0 Å². The lowest BCUT2D eigenvalue weighted by atomic mass is 10.1. The van der Waals surface area contributed by atoms with Crippen molar-refractivity contribution in [3.05, 3.63) is 64.5 Å². The zero-order valence-corrected chi connectivity index (χ0v) is 11.6. The van der Waals surface area contributed by atoms with E-state index in [4.69, 9.17) is 10.5 Å². The number of rotatable bonds is 5. The van der Waals surface area contributed by atoms with E-state index in [1.54, 1.807) is 6.92 Å². The smallest absolute Gasteiger partial charge is 0.191 e. The van der Waals surface area contributed by atoms with Gasteiger partial charge in [0, 0.05) is 0 Å². The van der Waals surface area contributed by atoms with Crippen molar-refractivity contribution in [1.82, 2.24) is 0 Å². The van der Waals surface area contributed by atoms with Gasteiger partial charge in [-0.1, -0.05) is 6.07 Å². The Bertz CT molecular complexity index is 620. The van der Waals surface area contributed by atoms with Gasteiger partial charge in [0.2, 0.25) is 0 Å². The zero-order valence-electron chi connectivity index (χ0n) is 11.6. The molecule has 0 atom stereocenters. The normalized spacial score (nSPS) is 10.7. The Kier molecular flexibility index (Phi) is 4.85. The molecular weight excluding hydrogens is 279 g/mol. The summed E-state index contributed by atoms with van der Waals surface area (Å²) in [6, 6.07) is 6.58. The second-order valence-corrected chi connectivity index (χ2v) is 4.79. The summed E-state index contributed by atoms with van der Waals surface area (Å²) in [7, 11) is 0. The minimum Gasteiger partial charge on any atom is -0.483 e. The highest BCUT2D eigenvalue weighted by Gasteiger charge is 2.13. The first-order valence-corrected chi connectivity index (χ1v) is 6.57. The van der Waals surface area contributed by atoms with Crippen molar-refractivity contribution in [2.24, 2.45) is 5.73 Å². The lowest BCUT2D eigenvalue weighted by Crippen LogP contribution is -2.06. The van der Waals surface area contributed by atoms with E-state index in [-0.39, 0.29) is 12.4 Å². The van der Waals surface area contributed by atoms with Crippen LogP contribution < -0.4 is 10.5 Å². The number of ether oxygens (including phenoxy) is 1. The van der Waals surface area contributed by atoms with Gasteiger partial charge in [0.1, 0.15) is 12.4 Å². The highest BCUT2D eigenvalue weighted by Crippen LogP contribution is 2.25. The average molecular weight is 295 g/mol. The maximum atomic E-state index is 13.8. The summed E-state index contributed by atoms with van der Waals surface area (Å²) in [6.07, 6.45) is 0.394. The second-order valence-electron chi connectivity index (χ2n) is 4.79. The predicted octanol–water partition coefficient (Wildman–Crippen LogP) is 3.49. The molecule has 0 amide bonds. The van der Waals surface area contributed by atoms with E-state index in [0.717, 1.165) is 0 Å². The highest BCUT2D eigenvalue weighted by atomic mass is 19.1. The van der Waals surface area contributed by atoms with Crippen LogP contribution in [0.25, 0.3) is 0 Å². The number of hydrogen-bond acceptors (Lipinski definition) is 2. The minimum absolute atomic E-state index is 0.0316. The molecule has 5 heteroatoms. The molecule has 0 unspecified atom stereocenters. The molecule has 2 nitrogen and oxygen atoms in total. The minimum atomic E-state index is -0.766. The molecule has 0 saturated heterocycles. The number of benzene rings is 2. The first-order chi connectivity index (χ1) is 10.0. The van der Waals surface area contributed by atoms with Gasteiger partial charge < -0.3 is 10.5 Å². The number of aryl methyl sites for hydroxylation is 1. The van der Waals surface area contributed by atoms with Crippen molar-refractivity contribution < 1.29 is 17.9 Å². The van der Waals surface area contributed by atoms with Gasteiger partial charge in [0.05, 0.1) is 0 Å². The van der Waals surface area contributed by atoms with Gasteiger partial charge in [-0.05, 0) is 60.8 Å². The van der Waals surface area contributed by atoms with E-state index in [0.29, 0.717) is 29.7 Å². The molecule has 2 rings (SSSR count). The van der Waals surface area contributed by atoms with Crippen molar-refractivity contribution in [2.75, 3.05) is 6.54 Å². The Hall–Kier alpha value is -2.01. The molecule has 0 aliphatic rings. The van der Waals surface area contributed by atoms with Crippen LogP contribution in [0.3, 0.4) is 0 Å². The monoisotopic (exact) mass is 295 g/mol. The first kappa shape index (κ1) is 15.4. The van der Waals surface area contributed by atoms with Gasteiger partial charge in [-0.3, -0.25) is 0 Å². The van der Waals surface area contributed by atoms with Crippen molar-refractivity contribution in [3.8, 4) is 5.75 Å². The summed E-state index contributed by atoms with van der Waals surface area (Å²) >= 11 is 0. The van der Waals surface area contributed by atoms with Gasteiger partial charge in [-0.2, -0.15) is 0 Å². The summed E-state index contributed by atoms with van der Waals surface area (Å²) < 4.78 is 45.9. The van der Waals surface area contributed by atoms with E-state index >= 15 is 0 Å². The molecule has 21 heavy (non-hydrogen) atoms. The van der Waals surface area contributed by atoms with Crippen LogP contribution in [0, 0.1) is 24.4 Å². The highest BCUT2D eigenvalue weighted by molar-refractivity contribution is 5.32. The molecule has 0 fully saturated rings. The fourth-order valence-electron chi connectivity index (χ4n) is 2.03. The molecule has 0 aromatic heterocycles. The molecular formula is C16H16F3NO. The van der Waals surface area contributed by atoms with Crippen LogP contribution >= 0.6 is 0 Å². The zero-order chi connectivity index (χ0) is 15.4. The lowest BCUT2D eigenvalue weighted by molar-refractivity contribution is 0.273. The van der Waals surface area contributed by atoms with Crippen LogP contribution in [0.1, 0.15) is 16.7 Å². The molecule has 0 aliphatic heterocycles. The SMILES string of the molecule is Cc1cc(F)ccc1COc1c(F)cc(CCN)cc1F. The summed E-state index contributed by atoms with van der Waals surface area (Å²) in [4.78, 5) is 0. The molecule has 0 spiro atoms. The van der Waals surface area contributed by atoms with Crippen LogP contribution in [0.2, 0.25) is 0 Å². The fraction of sp³-hybridized carbons (Fsp3) is 0.250. The van der Waals surface area contributed by atoms with Gasteiger partial charge in [0.25, 0.3) is 0 Å². The third kappa shape index (κ3) is 3.76. The standard InChI is InChI=1S/C16H16F3NO/c1-10-6-13(17)3-2-12(10)9-21-16-14(18)7-11(4-5-20)8-15(16)19/h2-3,6-8H,4-5,9,20H2,1H3. The maximum absolute atomic E-state index is 13.8. The lowest BCUT2D eigenvalue weighted by Gasteiger charge is -2.11. The first-order valence-electron chi connectivity index (χ1n) is 6.57. The Morgan fingerprint density at radius 2 is 1.71 bits per heavy atom. The van der Waals surface area contributed by atoms with Crippen LogP contribution in [-0.2, 0) is 13.0 Å². The van der Waals surface area contributed by atoms with E-state index in [9.17, 15) is 13.2 Å². The molecule has 2 aromatic carbocycles. The van der Waals surface area contributed by atoms with Crippen LogP contribution in [0.4, 0.5) is 13.2 Å². The third-order valence-corrected chi connectivity index (χ3v) is 3.17. The molecule has 112 valence electrons. The largest absolute Gasteiger partial charge is 0.483 e. The number of hydrogen-bond donors (Lipinski definition) is 1. The van der Waals surface area contributed by atoms with Crippen molar-refractivity contribution >= 4 is 0 Å². The van der Waals surface area contributed by atoms with E-state index in [1.165, 1.54) is 30.3 Å². The third-order valence-electron chi connectivity index (χ3n) is 3.17. The summed E-state index contributed by atoms with van der Waals surface area (Å²) in [5.74, 6) is -2.32. The summed E-state index contributed by atoms with van der Waals surface area (Å²) in [6.45, 7) is 1.99. The van der Waals surface area contributed by atoms with E-state index in [1.807, 2.05) is 0 Å². The quantitative estimate of drug-likeness (QED) is 0.916. The van der Waals surface area contributed by atoms with Gasteiger partial charge >= 0.3 is 0 Å². The molecule has 2 N–H and O–H groups in total. The average Bonchev–Trinajstić information content (AvgIpc) is 2.40. The van der Waals surface area contributed by atoms with Gasteiger partial charge in [-0.25, -0.2) is 13.2 Å². The Balaban J connectivity index is 2.16. The Morgan fingerprint density at radius 3 is 2.29 bits per heavy atom. The molecule has 2 aromatic rings. The number of nitrogens with two attached hydrogens (primary N) is 1. The summed E-state index contributed by atoms with van der Waals surface area (Å²) in [5.41, 5.74) is 7.17. The van der Waals surface area contributed by atoms with Gasteiger partial charge in [0.15, 0.2) is 17.4 Å². The molecule has 0 heterocycles. The summed E-state index contributed by atoms with van der Waals surface area (Å²) in [5, 5.41) is 0. The Labute approximate surface area is 121 Å². The van der Waals surface area contributed by atoms with E-state index in [2.05, 4.69) is 0 Å². The Morgan fingerprint density at radius 1 is 1.05 bits per heavy atom. The maximum Gasteiger partial charge on any atom is 0.191 e. The van der Waals surface area contributed by atoms with Crippen LogP contribution in [0.15, 0.2) is 30.3 Å². The molecule has 0 radical (unpaired) electrons. The molecule has 0 bridgehead atoms. The van der Waals surface area contributed by atoms with Crippen LogP contribution in [0.5, 0.6) is 5.75 Å². The topological polar surface area (TPSA) is 35.2 Å². The fourth-order valence-corrected chi connectivity index (χ4v) is 2.03.